The molecule has 1 aliphatic rings. The molecule has 1 aliphatic heterocycles. The summed E-state index contributed by atoms with van der Waals surface area (Å²) in [6.45, 7) is 4.47. The minimum Gasteiger partial charge on any atom is -0.355 e. The van der Waals surface area contributed by atoms with E-state index in [2.05, 4.69) is 15.6 Å². The molecule has 0 bridgehead atoms. The molecule has 0 unspecified atom stereocenters. The minimum atomic E-state index is -4.50. The monoisotopic (exact) mass is 468 g/mol. The molecule has 2 N–H and O–H groups in total. The molecule has 10 heteroatoms. The van der Waals surface area contributed by atoms with Crippen molar-refractivity contribution in [2.75, 3.05) is 28.6 Å². The Hall–Kier alpha value is -2.81. The van der Waals surface area contributed by atoms with Crippen LogP contribution in [0, 0.1) is 11.8 Å². The van der Waals surface area contributed by atoms with Gasteiger partial charge in [0, 0.05) is 42.5 Å². The Balaban J connectivity index is 1.58. The summed E-state index contributed by atoms with van der Waals surface area (Å²) in [6, 6.07) is 7.79. The van der Waals surface area contributed by atoms with E-state index in [4.69, 9.17) is 11.6 Å². The maximum atomic E-state index is 12.8. The van der Waals surface area contributed by atoms with Crippen molar-refractivity contribution < 1.29 is 22.8 Å². The van der Waals surface area contributed by atoms with Gasteiger partial charge in [-0.25, -0.2) is 4.98 Å². The third-order valence-electron chi connectivity index (χ3n) is 5.24. The van der Waals surface area contributed by atoms with Crippen LogP contribution in [0.3, 0.4) is 0 Å². The Bertz CT molecular complexity index is 989. The standard InChI is InChI=1S/C22H24ClF3N4O2/c1-13(2)20(31)28-16-4-3-5-17(11-16)29-21(32)14-6-8-30(9-7-14)19-18(23)10-15(12-27-19)22(24,25)26/h3-5,10-14H,6-9H2,1-2H3,(H,28,31)(H,29,32). The van der Waals surface area contributed by atoms with E-state index in [1.165, 1.54) is 0 Å². The van der Waals surface area contributed by atoms with E-state index in [1.807, 2.05) is 0 Å². The highest BCUT2D eigenvalue weighted by Gasteiger charge is 2.33. The van der Waals surface area contributed by atoms with Gasteiger partial charge >= 0.3 is 6.18 Å². The first-order chi connectivity index (χ1) is 15.0. The molecule has 0 atom stereocenters. The van der Waals surface area contributed by atoms with Gasteiger partial charge in [0.2, 0.25) is 11.8 Å². The summed E-state index contributed by atoms with van der Waals surface area (Å²) in [5.41, 5.74) is 0.276. The Morgan fingerprint density at radius 1 is 1.12 bits per heavy atom. The van der Waals surface area contributed by atoms with Crippen molar-refractivity contribution in [2.24, 2.45) is 11.8 Å². The van der Waals surface area contributed by atoms with Gasteiger partial charge in [-0.15, -0.1) is 0 Å². The molecule has 0 aliphatic carbocycles. The molecule has 1 saturated heterocycles. The summed E-state index contributed by atoms with van der Waals surface area (Å²) in [4.78, 5) is 30.2. The first kappa shape index (κ1) is 23.8. The number of carbonyl (C=O) groups is 2. The number of nitrogens with zero attached hydrogens (tertiary/aromatic N) is 2. The molecule has 2 amide bonds. The maximum absolute atomic E-state index is 12.8. The molecule has 1 aromatic carbocycles. The molecule has 2 aromatic rings. The van der Waals surface area contributed by atoms with E-state index >= 15 is 0 Å². The quantitative estimate of drug-likeness (QED) is 0.632. The van der Waals surface area contributed by atoms with Crippen molar-refractivity contribution in [2.45, 2.75) is 32.9 Å². The molecule has 0 saturated carbocycles. The molecule has 1 aromatic heterocycles. The topological polar surface area (TPSA) is 74.3 Å². The first-order valence-corrected chi connectivity index (χ1v) is 10.6. The molecular weight excluding hydrogens is 445 g/mol. The maximum Gasteiger partial charge on any atom is 0.417 e. The summed E-state index contributed by atoms with van der Waals surface area (Å²) >= 11 is 6.03. The fourth-order valence-electron chi connectivity index (χ4n) is 3.38. The van der Waals surface area contributed by atoms with Gasteiger partial charge in [-0.2, -0.15) is 13.2 Å². The average molecular weight is 469 g/mol. The normalized spacial score (nSPS) is 15.0. The van der Waals surface area contributed by atoms with Crippen molar-refractivity contribution >= 4 is 40.6 Å². The molecule has 3 rings (SSSR count). The van der Waals surface area contributed by atoms with Crippen LogP contribution in [-0.4, -0.2) is 29.9 Å². The number of pyridine rings is 1. The van der Waals surface area contributed by atoms with Crippen molar-refractivity contribution in [1.82, 2.24) is 4.98 Å². The predicted molar refractivity (Wildman–Crippen MR) is 118 cm³/mol. The SMILES string of the molecule is CC(C)C(=O)Nc1cccc(NC(=O)C2CCN(c3ncc(C(F)(F)F)cc3Cl)CC2)c1. The van der Waals surface area contributed by atoms with Crippen LogP contribution in [-0.2, 0) is 15.8 Å². The Morgan fingerprint density at radius 2 is 1.75 bits per heavy atom. The second kappa shape index (κ2) is 9.77. The number of anilines is 3. The summed E-state index contributed by atoms with van der Waals surface area (Å²) in [5.74, 6) is -0.397. The second-order valence-corrected chi connectivity index (χ2v) is 8.41. The largest absolute Gasteiger partial charge is 0.417 e. The third-order valence-corrected chi connectivity index (χ3v) is 5.51. The van der Waals surface area contributed by atoms with E-state index in [0.717, 1.165) is 12.3 Å². The smallest absolute Gasteiger partial charge is 0.355 e. The molecule has 2 heterocycles. The van der Waals surface area contributed by atoms with E-state index in [1.54, 1.807) is 43.0 Å². The molecule has 6 nitrogen and oxygen atoms in total. The number of aromatic nitrogens is 1. The third kappa shape index (κ3) is 5.91. The number of amides is 2. The van der Waals surface area contributed by atoms with Crippen LogP contribution in [0.15, 0.2) is 36.5 Å². The van der Waals surface area contributed by atoms with Gasteiger partial charge in [0.1, 0.15) is 5.82 Å². The van der Waals surface area contributed by atoms with Crippen LogP contribution in [0.25, 0.3) is 0 Å². The molecule has 172 valence electrons. The Morgan fingerprint density at radius 3 is 2.31 bits per heavy atom. The van der Waals surface area contributed by atoms with E-state index in [9.17, 15) is 22.8 Å². The number of halogens is 4. The van der Waals surface area contributed by atoms with Crippen molar-refractivity contribution in [3.63, 3.8) is 0 Å². The summed E-state index contributed by atoms with van der Waals surface area (Å²) < 4.78 is 38.4. The summed E-state index contributed by atoms with van der Waals surface area (Å²) in [5, 5.41) is 5.59. The van der Waals surface area contributed by atoms with Gasteiger partial charge in [-0.05, 0) is 37.1 Å². The summed E-state index contributed by atoms with van der Waals surface area (Å²) in [6.07, 6.45) is -2.72. The lowest BCUT2D eigenvalue weighted by atomic mass is 9.95. The van der Waals surface area contributed by atoms with Crippen LogP contribution < -0.4 is 15.5 Å². The fourth-order valence-corrected chi connectivity index (χ4v) is 3.66. The fraction of sp³-hybridized carbons (Fsp3) is 0.409. The number of nitrogens with one attached hydrogen (secondary N) is 2. The van der Waals surface area contributed by atoms with Crippen molar-refractivity contribution in [3.8, 4) is 0 Å². The highest BCUT2D eigenvalue weighted by atomic mass is 35.5. The lowest BCUT2D eigenvalue weighted by Crippen LogP contribution is -2.38. The highest BCUT2D eigenvalue weighted by molar-refractivity contribution is 6.33. The average Bonchev–Trinajstić information content (AvgIpc) is 2.73. The molecule has 1 fully saturated rings. The van der Waals surface area contributed by atoms with Crippen LogP contribution >= 0.6 is 11.6 Å². The molecule has 32 heavy (non-hydrogen) atoms. The summed E-state index contributed by atoms with van der Waals surface area (Å²) in [7, 11) is 0. The Kier molecular flexibility index (Phi) is 7.28. The lowest BCUT2D eigenvalue weighted by molar-refractivity contribution is -0.137. The van der Waals surface area contributed by atoms with Gasteiger partial charge in [0.15, 0.2) is 0 Å². The number of benzene rings is 1. The van der Waals surface area contributed by atoms with E-state index < -0.39 is 11.7 Å². The van der Waals surface area contributed by atoms with Crippen LogP contribution in [0.5, 0.6) is 0 Å². The number of alkyl halides is 3. The van der Waals surface area contributed by atoms with Gasteiger partial charge < -0.3 is 15.5 Å². The van der Waals surface area contributed by atoms with E-state index in [0.29, 0.717) is 37.3 Å². The van der Waals surface area contributed by atoms with Gasteiger partial charge in [0.05, 0.1) is 10.6 Å². The first-order valence-electron chi connectivity index (χ1n) is 10.2. The van der Waals surface area contributed by atoms with Crippen LogP contribution in [0.2, 0.25) is 5.02 Å². The number of rotatable bonds is 5. The molecule has 0 spiro atoms. The van der Waals surface area contributed by atoms with Gasteiger partial charge in [-0.1, -0.05) is 31.5 Å². The van der Waals surface area contributed by atoms with Crippen LogP contribution in [0.1, 0.15) is 32.3 Å². The van der Waals surface area contributed by atoms with Crippen LogP contribution in [0.4, 0.5) is 30.4 Å². The molecular formula is C22H24ClF3N4O2. The molecule has 0 radical (unpaired) electrons. The zero-order chi connectivity index (χ0) is 23.5. The zero-order valence-corrected chi connectivity index (χ0v) is 18.4. The van der Waals surface area contributed by atoms with Gasteiger partial charge in [0.25, 0.3) is 0 Å². The zero-order valence-electron chi connectivity index (χ0n) is 17.7. The van der Waals surface area contributed by atoms with Crippen molar-refractivity contribution in [1.29, 1.82) is 0 Å². The van der Waals surface area contributed by atoms with E-state index in [-0.39, 0.29) is 34.5 Å². The number of hydrogen-bond acceptors (Lipinski definition) is 4. The minimum absolute atomic E-state index is 0.0667. The number of carbonyl (C=O) groups excluding carboxylic acids is 2. The predicted octanol–water partition coefficient (Wildman–Crippen LogP) is 5.20. The second-order valence-electron chi connectivity index (χ2n) is 8.00. The Labute approximate surface area is 189 Å². The van der Waals surface area contributed by atoms with Crippen molar-refractivity contribution in [3.05, 3.63) is 47.1 Å². The number of hydrogen-bond donors (Lipinski definition) is 2. The lowest BCUT2D eigenvalue weighted by Gasteiger charge is -2.32. The number of piperidine rings is 1. The van der Waals surface area contributed by atoms with Gasteiger partial charge in [-0.3, -0.25) is 9.59 Å². The highest BCUT2D eigenvalue weighted by Crippen LogP contribution is 2.34.